The lowest BCUT2D eigenvalue weighted by Gasteiger charge is -2.16. The Hall–Kier alpha value is -2.99. The van der Waals surface area contributed by atoms with Crippen molar-refractivity contribution in [1.29, 1.82) is 0 Å². The Labute approximate surface area is 264 Å². The number of nitrogens with one attached hydrogen (secondary N) is 1. The number of nitrogens with zero attached hydrogens (tertiary/aromatic N) is 5. The van der Waals surface area contributed by atoms with Crippen LogP contribution < -0.4 is 5.32 Å². The number of amides is 4. The Morgan fingerprint density at radius 3 is 1.76 bits per heavy atom. The van der Waals surface area contributed by atoms with Crippen LogP contribution in [-0.4, -0.2) is 155 Å². The van der Waals surface area contributed by atoms with Crippen LogP contribution in [0.3, 0.4) is 0 Å². The van der Waals surface area contributed by atoms with E-state index in [0.717, 1.165) is 24.4 Å². The average Bonchev–Trinajstić information content (AvgIpc) is 3.76. The van der Waals surface area contributed by atoms with Crippen molar-refractivity contribution < 1.29 is 47.5 Å². The second-order valence-electron chi connectivity index (χ2n) is 10.4. The van der Waals surface area contributed by atoms with E-state index < -0.39 is 0 Å². The summed E-state index contributed by atoms with van der Waals surface area (Å²) in [5.74, 6) is -0.119. The molecule has 1 unspecified atom stereocenters. The maximum absolute atomic E-state index is 12.0. The number of carbonyl (C=O) groups excluding carboxylic acids is 3. The molecule has 1 fully saturated rings. The van der Waals surface area contributed by atoms with Crippen molar-refractivity contribution in [2.45, 2.75) is 26.4 Å². The van der Waals surface area contributed by atoms with Crippen LogP contribution in [-0.2, 0) is 55.8 Å². The van der Waals surface area contributed by atoms with Gasteiger partial charge in [0.25, 0.3) is 11.8 Å². The molecular formula is C29H48N6O10. The third kappa shape index (κ3) is 15.7. The van der Waals surface area contributed by atoms with Crippen LogP contribution in [0.1, 0.15) is 19.0 Å². The number of hydrogen-bond donors (Lipinski definition) is 1. The van der Waals surface area contributed by atoms with Gasteiger partial charge in [0.2, 0.25) is 0 Å². The predicted molar refractivity (Wildman–Crippen MR) is 159 cm³/mol. The Kier molecular flexibility index (Phi) is 18.2. The highest BCUT2D eigenvalue weighted by Gasteiger charge is 2.24. The molecule has 0 aliphatic carbocycles. The summed E-state index contributed by atoms with van der Waals surface area (Å²) < 4.78 is 40.0. The van der Waals surface area contributed by atoms with Gasteiger partial charge >= 0.3 is 6.03 Å². The van der Waals surface area contributed by atoms with Gasteiger partial charge in [-0.05, 0) is 12.3 Å². The summed E-state index contributed by atoms with van der Waals surface area (Å²) in [5, 5.41) is 10.8. The van der Waals surface area contributed by atoms with Crippen molar-refractivity contribution >= 4 is 17.8 Å². The molecular weight excluding hydrogens is 592 g/mol. The smallest absolute Gasteiger partial charge is 0.317 e. The highest BCUT2D eigenvalue weighted by atomic mass is 16.6. The standard InChI is InChI=1S/C29H48N6O10/c1-25-4-6-33(22-25)29(38)30-5-8-39-10-12-41-14-16-43-18-20-45-21-19-44-17-15-42-13-11-40-9-7-34-23-26(31-32-34)24-35-27(36)2-3-28(35)37/h2-3,23,25H,4-22,24H2,1H3,(H,30,38). The molecule has 3 heterocycles. The number of urea groups is 1. The number of likely N-dealkylation sites (tertiary alicyclic amines) is 1. The third-order valence-electron chi connectivity index (χ3n) is 6.74. The fraction of sp³-hybridized carbons (Fsp3) is 0.759. The molecule has 1 saturated heterocycles. The molecule has 1 aromatic heterocycles. The van der Waals surface area contributed by atoms with E-state index in [9.17, 15) is 14.4 Å². The van der Waals surface area contributed by atoms with Gasteiger partial charge in [-0.15, -0.1) is 5.10 Å². The first-order valence-corrected chi connectivity index (χ1v) is 15.5. The Morgan fingerprint density at radius 2 is 1.27 bits per heavy atom. The molecule has 45 heavy (non-hydrogen) atoms. The van der Waals surface area contributed by atoms with Gasteiger partial charge in [-0.1, -0.05) is 12.1 Å². The fourth-order valence-corrected chi connectivity index (χ4v) is 4.31. The average molecular weight is 641 g/mol. The summed E-state index contributed by atoms with van der Waals surface area (Å²) in [6, 6.07) is -0.0135. The summed E-state index contributed by atoms with van der Waals surface area (Å²) in [4.78, 5) is 38.1. The van der Waals surface area contributed by atoms with Gasteiger partial charge in [-0.3, -0.25) is 14.5 Å². The lowest BCUT2D eigenvalue weighted by atomic mass is 10.2. The monoisotopic (exact) mass is 640 g/mol. The van der Waals surface area contributed by atoms with Crippen molar-refractivity contribution in [2.24, 2.45) is 5.92 Å². The van der Waals surface area contributed by atoms with Crippen molar-refractivity contribution in [3.63, 3.8) is 0 Å². The Morgan fingerprint density at radius 1 is 0.778 bits per heavy atom. The highest BCUT2D eigenvalue weighted by Crippen LogP contribution is 2.14. The van der Waals surface area contributed by atoms with E-state index in [-0.39, 0.29) is 24.4 Å². The van der Waals surface area contributed by atoms with Crippen LogP contribution in [0.15, 0.2) is 18.3 Å². The van der Waals surface area contributed by atoms with Crippen molar-refractivity contribution in [2.75, 3.05) is 112 Å². The van der Waals surface area contributed by atoms with Gasteiger partial charge < -0.3 is 43.4 Å². The van der Waals surface area contributed by atoms with Gasteiger partial charge in [-0.25, -0.2) is 9.48 Å². The van der Waals surface area contributed by atoms with Gasteiger partial charge in [-0.2, -0.15) is 0 Å². The minimum absolute atomic E-state index is 0.0135. The second-order valence-corrected chi connectivity index (χ2v) is 10.4. The van der Waals surface area contributed by atoms with E-state index in [0.29, 0.717) is 117 Å². The summed E-state index contributed by atoms with van der Waals surface area (Å²) in [7, 11) is 0. The molecule has 0 spiro atoms. The minimum Gasteiger partial charge on any atom is -0.377 e. The van der Waals surface area contributed by atoms with Crippen LogP contribution in [0, 0.1) is 5.92 Å². The number of imide groups is 1. The zero-order valence-corrected chi connectivity index (χ0v) is 26.3. The van der Waals surface area contributed by atoms with E-state index in [1.165, 1.54) is 12.2 Å². The second kappa shape index (κ2) is 22.5. The maximum atomic E-state index is 12.0. The van der Waals surface area contributed by atoms with Crippen molar-refractivity contribution in [3.8, 4) is 0 Å². The lowest BCUT2D eigenvalue weighted by Crippen LogP contribution is -2.39. The molecule has 16 heteroatoms. The fourth-order valence-electron chi connectivity index (χ4n) is 4.31. The first-order chi connectivity index (χ1) is 22.0. The SMILES string of the molecule is CC1CCN(C(=O)NCCOCCOCCOCCOCCOCCOCCOCCn2cc(CN3C(=O)C=CC3=O)nn2)C1. The molecule has 4 amide bonds. The molecule has 0 aromatic carbocycles. The summed E-state index contributed by atoms with van der Waals surface area (Å²) in [6.07, 6.45) is 5.24. The number of ether oxygens (including phenoxy) is 7. The topological polar surface area (TPSA) is 165 Å². The molecule has 1 N–H and O–H groups in total. The van der Waals surface area contributed by atoms with Gasteiger partial charge in [0.1, 0.15) is 5.69 Å². The maximum Gasteiger partial charge on any atom is 0.317 e. The zero-order chi connectivity index (χ0) is 32.0. The quantitative estimate of drug-likeness (QED) is 0.106. The number of aromatic nitrogens is 3. The first kappa shape index (κ1) is 36.5. The van der Waals surface area contributed by atoms with E-state index >= 15 is 0 Å². The molecule has 1 aromatic rings. The summed E-state index contributed by atoms with van der Waals surface area (Å²) >= 11 is 0. The first-order valence-electron chi connectivity index (χ1n) is 15.5. The number of carbonyl (C=O) groups is 3. The van der Waals surface area contributed by atoms with E-state index in [1.807, 2.05) is 4.90 Å². The van der Waals surface area contributed by atoms with Crippen LogP contribution in [0.4, 0.5) is 4.79 Å². The Balaban J connectivity index is 0.965. The van der Waals surface area contributed by atoms with Crippen molar-refractivity contribution in [3.05, 3.63) is 24.0 Å². The summed E-state index contributed by atoms with van der Waals surface area (Å²) in [6.45, 7) is 11.4. The molecule has 16 nitrogen and oxygen atoms in total. The van der Waals surface area contributed by atoms with Gasteiger partial charge in [0.15, 0.2) is 0 Å². The Bertz CT molecular complexity index is 1010. The molecule has 2 aliphatic rings. The molecule has 1 atom stereocenters. The third-order valence-corrected chi connectivity index (χ3v) is 6.74. The van der Waals surface area contributed by atoms with Gasteiger partial charge in [0, 0.05) is 31.8 Å². The molecule has 2 aliphatic heterocycles. The highest BCUT2D eigenvalue weighted by molar-refractivity contribution is 6.12. The van der Waals surface area contributed by atoms with Crippen LogP contribution in [0.25, 0.3) is 0 Å². The molecule has 3 rings (SSSR count). The molecule has 254 valence electrons. The lowest BCUT2D eigenvalue weighted by molar-refractivity contribution is -0.137. The molecule has 0 radical (unpaired) electrons. The van der Waals surface area contributed by atoms with E-state index in [2.05, 4.69) is 22.6 Å². The van der Waals surface area contributed by atoms with Crippen LogP contribution >= 0.6 is 0 Å². The molecule has 0 bridgehead atoms. The van der Waals surface area contributed by atoms with Crippen LogP contribution in [0.5, 0.6) is 0 Å². The molecule has 0 saturated carbocycles. The van der Waals surface area contributed by atoms with Crippen LogP contribution in [0.2, 0.25) is 0 Å². The van der Waals surface area contributed by atoms with Crippen molar-refractivity contribution in [1.82, 2.24) is 30.1 Å². The largest absolute Gasteiger partial charge is 0.377 e. The van der Waals surface area contributed by atoms with E-state index in [4.69, 9.17) is 33.2 Å². The minimum atomic E-state index is -0.349. The number of hydrogen-bond acceptors (Lipinski definition) is 12. The normalized spacial score (nSPS) is 16.4. The van der Waals surface area contributed by atoms with Gasteiger partial charge in [0.05, 0.1) is 112 Å². The van der Waals surface area contributed by atoms with E-state index in [1.54, 1.807) is 10.9 Å². The zero-order valence-electron chi connectivity index (χ0n) is 26.3. The summed E-state index contributed by atoms with van der Waals surface area (Å²) in [5.41, 5.74) is 0.533. The number of rotatable bonds is 26. The predicted octanol–water partition coefficient (Wildman–Crippen LogP) is -0.129.